The van der Waals surface area contributed by atoms with Crippen LogP contribution < -0.4 is 10.2 Å². The summed E-state index contributed by atoms with van der Waals surface area (Å²) >= 11 is 0. The number of anilines is 2. The van der Waals surface area contributed by atoms with Crippen LogP contribution in [0.25, 0.3) is 0 Å². The number of rotatable bonds is 4. The molecule has 1 fully saturated rings. The van der Waals surface area contributed by atoms with Gasteiger partial charge in [0.15, 0.2) is 0 Å². The molecule has 0 bridgehead atoms. The predicted molar refractivity (Wildman–Crippen MR) is 101 cm³/mol. The summed E-state index contributed by atoms with van der Waals surface area (Å²) in [5.74, 6) is -1.03. The van der Waals surface area contributed by atoms with E-state index in [1.807, 2.05) is 0 Å². The monoisotopic (exact) mass is 420 g/mol. The number of cyclic esters (lactones) is 1. The lowest BCUT2D eigenvalue weighted by Crippen LogP contribution is -2.28. The summed E-state index contributed by atoms with van der Waals surface area (Å²) in [5.41, 5.74) is -0.00608. The molecule has 1 atom stereocenters. The smallest absolute Gasteiger partial charge is 0.414 e. The van der Waals surface area contributed by atoms with Gasteiger partial charge in [0.25, 0.3) is 10.1 Å². The van der Waals surface area contributed by atoms with Gasteiger partial charge in [0.05, 0.1) is 24.2 Å². The summed E-state index contributed by atoms with van der Waals surface area (Å²) in [7, 11) is -3.67. The number of esters is 1. The molecule has 9 nitrogen and oxygen atoms in total. The van der Waals surface area contributed by atoms with Gasteiger partial charge in [-0.05, 0) is 45.9 Å². The van der Waals surface area contributed by atoms with Gasteiger partial charge in [-0.2, -0.15) is 8.42 Å². The van der Waals surface area contributed by atoms with E-state index in [9.17, 15) is 22.4 Å². The number of carbonyl (C=O) groups excluding carboxylic acids is 2. The van der Waals surface area contributed by atoms with Crippen molar-refractivity contribution in [1.82, 2.24) is 0 Å². The van der Waals surface area contributed by atoms with Crippen molar-refractivity contribution in [3.05, 3.63) is 24.0 Å². The summed E-state index contributed by atoms with van der Waals surface area (Å²) < 4.78 is 50.1. The third-order valence-electron chi connectivity index (χ3n) is 3.07. The summed E-state index contributed by atoms with van der Waals surface area (Å²) in [6.45, 7) is 7.29. The van der Waals surface area contributed by atoms with Crippen molar-refractivity contribution in [2.45, 2.75) is 39.4 Å². The second-order valence-corrected chi connectivity index (χ2v) is 8.61. The van der Waals surface area contributed by atoms with Crippen molar-refractivity contribution >= 4 is 33.6 Å². The number of halogens is 1. The molecule has 1 unspecified atom stereocenters. The number of hydrogen-bond donors (Lipinski definition) is 2. The fourth-order valence-electron chi connectivity index (χ4n) is 2.18. The van der Waals surface area contributed by atoms with E-state index in [2.05, 4.69) is 5.32 Å². The van der Waals surface area contributed by atoms with E-state index in [4.69, 9.17) is 14.0 Å². The maximum absolute atomic E-state index is 14.1. The third-order valence-corrected chi connectivity index (χ3v) is 3.07. The summed E-state index contributed by atoms with van der Waals surface area (Å²) in [6, 6.07) is 4.31. The normalized spacial score (nSPS) is 16.8. The number of benzene rings is 1. The number of amides is 1. The molecule has 1 aromatic rings. The van der Waals surface area contributed by atoms with E-state index >= 15 is 0 Å². The van der Waals surface area contributed by atoms with Gasteiger partial charge in [-0.15, -0.1) is 0 Å². The van der Waals surface area contributed by atoms with E-state index in [1.165, 1.54) is 17.0 Å². The van der Waals surface area contributed by atoms with Crippen LogP contribution in [0.15, 0.2) is 18.2 Å². The number of nitrogens with one attached hydrogen (secondary N) is 1. The van der Waals surface area contributed by atoms with Crippen LogP contribution in [-0.2, 0) is 24.4 Å². The topological polar surface area (TPSA) is 122 Å². The number of hydrogen-bond acceptors (Lipinski definition) is 7. The fraction of sp³-hybridized carbons (Fsp3) is 0.529. The van der Waals surface area contributed by atoms with Gasteiger partial charge in [0.1, 0.15) is 24.1 Å². The Morgan fingerprint density at radius 1 is 1.43 bits per heavy atom. The third kappa shape index (κ3) is 9.00. The summed E-state index contributed by atoms with van der Waals surface area (Å²) in [5, 5.41) is 2.69. The predicted octanol–water partition coefficient (Wildman–Crippen LogP) is 2.43. The largest absolute Gasteiger partial charge is 0.459 e. The maximum atomic E-state index is 14.1. The number of nitrogens with zero attached hydrogens (tertiary/aromatic N) is 1. The Labute approximate surface area is 163 Å². The van der Waals surface area contributed by atoms with Gasteiger partial charge in [-0.3, -0.25) is 14.2 Å². The van der Waals surface area contributed by atoms with Crippen molar-refractivity contribution in [2.24, 2.45) is 0 Å². The van der Waals surface area contributed by atoms with E-state index in [-0.39, 0.29) is 18.3 Å². The average molecular weight is 420 g/mol. The second-order valence-electron chi connectivity index (χ2n) is 7.14. The summed E-state index contributed by atoms with van der Waals surface area (Å²) in [6.07, 6.45) is -0.00519. The molecule has 1 saturated heterocycles. The Bertz CT molecular complexity index is 813. The first-order valence-electron chi connectivity index (χ1n) is 8.31. The Hall–Kier alpha value is -2.40. The molecular weight excluding hydrogens is 395 g/mol. The van der Waals surface area contributed by atoms with Gasteiger partial charge in [0.2, 0.25) is 0 Å². The fourth-order valence-corrected chi connectivity index (χ4v) is 2.18. The zero-order chi connectivity index (χ0) is 21.7. The zero-order valence-corrected chi connectivity index (χ0v) is 17.2. The summed E-state index contributed by atoms with van der Waals surface area (Å²) in [4.78, 5) is 24.6. The van der Waals surface area contributed by atoms with Crippen LogP contribution in [0.4, 0.5) is 20.6 Å². The molecule has 0 saturated carbocycles. The molecule has 2 rings (SSSR count). The Morgan fingerprint density at radius 3 is 2.43 bits per heavy atom. The van der Waals surface area contributed by atoms with Gasteiger partial charge >= 0.3 is 12.1 Å². The highest BCUT2D eigenvalue weighted by molar-refractivity contribution is 7.85. The van der Waals surface area contributed by atoms with Crippen LogP contribution in [0, 0.1) is 5.82 Å². The molecule has 0 radical (unpaired) electrons. The lowest BCUT2D eigenvalue weighted by atomic mass is 10.2. The van der Waals surface area contributed by atoms with Gasteiger partial charge in [-0.25, -0.2) is 9.18 Å². The highest BCUT2D eigenvalue weighted by atomic mass is 32.2. The number of carbonyl (C=O) groups is 2. The van der Waals surface area contributed by atoms with Crippen molar-refractivity contribution in [2.75, 3.05) is 29.6 Å². The molecule has 1 amide bonds. The SMILES string of the molecule is CC1CN(c2ccc(NCC(=O)OC(C)(C)C)c(F)c2)C(=O)O1.CS(=O)(=O)O. The van der Waals surface area contributed by atoms with Gasteiger partial charge < -0.3 is 14.8 Å². The zero-order valence-electron chi connectivity index (χ0n) is 16.4. The second kappa shape index (κ2) is 9.20. The van der Waals surface area contributed by atoms with Crippen molar-refractivity contribution in [3.8, 4) is 0 Å². The van der Waals surface area contributed by atoms with Crippen LogP contribution in [0.5, 0.6) is 0 Å². The molecule has 0 aliphatic carbocycles. The molecule has 11 heteroatoms. The Kier molecular flexibility index (Phi) is 7.76. The molecule has 1 aliphatic heterocycles. The highest BCUT2D eigenvalue weighted by Crippen LogP contribution is 2.25. The van der Waals surface area contributed by atoms with Crippen LogP contribution in [0.3, 0.4) is 0 Å². The minimum Gasteiger partial charge on any atom is -0.459 e. The first-order chi connectivity index (χ1) is 12.7. The lowest BCUT2D eigenvalue weighted by Gasteiger charge is -2.20. The van der Waals surface area contributed by atoms with Crippen molar-refractivity contribution in [1.29, 1.82) is 0 Å². The van der Waals surface area contributed by atoms with E-state index < -0.39 is 33.6 Å². The van der Waals surface area contributed by atoms with Gasteiger partial charge in [0, 0.05) is 0 Å². The van der Waals surface area contributed by atoms with Crippen LogP contribution in [-0.4, -0.2) is 56.1 Å². The molecule has 0 aromatic heterocycles. The standard InChI is InChI=1S/C16H21FN2O4.CH4O3S/c1-10-9-19(15(21)22-10)11-5-6-13(12(17)7-11)18-8-14(20)23-16(2,3)4;1-5(2,3)4/h5-7,10,18H,8-9H2,1-4H3;1H3,(H,2,3,4). The quantitative estimate of drug-likeness (QED) is 0.562. The van der Waals surface area contributed by atoms with Crippen LogP contribution in [0.2, 0.25) is 0 Å². The highest BCUT2D eigenvalue weighted by Gasteiger charge is 2.29. The molecule has 2 N–H and O–H groups in total. The molecule has 1 aliphatic rings. The lowest BCUT2D eigenvalue weighted by molar-refractivity contribution is -0.152. The molecule has 1 aromatic carbocycles. The van der Waals surface area contributed by atoms with Crippen LogP contribution >= 0.6 is 0 Å². The Balaban J connectivity index is 0.000000696. The molecular formula is C17H25FN2O7S. The minimum absolute atomic E-state index is 0.143. The Morgan fingerprint density at radius 2 is 2.00 bits per heavy atom. The van der Waals surface area contributed by atoms with Crippen molar-refractivity contribution < 1.29 is 36.4 Å². The number of ether oxygens (including phenoxy) is 2. The molecule has 0 spiro atoms. The maximum Gasteiger partial charge on any atom is 0.414 e. The van der Waals surface area contributed by atoms with E-state index in [1.54, 1.807) is 33.8 Å². The van der Waals surface area contributed by atoms with Gasteiger partial charge in [-0.1, -0.05) is 0 Å². The average Bonchev–Trinajstić information content (AvgIpc) is 2.81. The molecule has 28 heavy (non-hydrogen) atoms. The first-order valence-corrected chi connectivity index (χ1v) is 10.2. The van der Waals surface area contributed by atoms with Crippen LogP contribution in [0.1, 0.15) is 27.7 Å². The molecule has 158 valence electrons. The van der Waals surface area contributed by atoms with Crippen molar-refractivity contribution in [3.63, 3.8) is 0 Å². The minimum atomic E-state index is -3.67. The molecule has 1 heterocycles. The van der Waals surface area contributed by atoms with E-state index in [0.717, 1.165) is 0 Å². The first kappa shape index (κ1) is 23.6. The van der Waals surface area contributed by atoms with E-state index in [0.29, 0.717) is 18.5 Å².